The van der Waals surface area contributed by atoms with E-state index in [-0.39, 0.29) is 0 Å². The van der Waals surface area contributed by atoms with Gasteiger partial charge >= 0.3 is 0 Å². The molecule has 0 saturated carbocycles. The van der Waals surface area contributed by atoms with Gasteiger partial charge in [0.1, 0.15) is 0 Å². The van der Waals surface area contributed by atoms with Crippen LogP contribution in [0.3, 0.4) is 0 Å². The van der Waals surface area contributed by atoms with Crippen LogP contribution in [0.5, 0.6) is 0 Å². The van der Waals surface area contributed by atoms with Crippen LogP contribution in [0.2, 0.25) is 0 Å². The van der Waals surface area contributed by atoms with Crippen LogP contribution in [0.15, 0.2) is 6.07 Å². The lowest BCUT2D eigenvalue weighted by Gasteiger charge is -2.18. The first-order valence-electron chi connectivity index (χ1n) is 7.82. The molecule has 0 heteroatoms. The predicted octanol–water partition coefficient (Wildman–Crippen LogP) is 5.30. The summed E-state index contributed by atoms with van der Waals surface area (Å²) in [5, 5.41) is 0. The van der Waals surface area contributed by atoms with Crippen LogP contribution in [-0.2, 0) is 25.7 Å². The van der Waals surface area contributed by atoms with E-state index in [0.717, 1.165) is 0 Å². The van der Waals surface area contributed by atoms with Gasteiger partial charge in [0.15, 0.2) is 0 Å². The lowest BCUT2D eigenvalue weighted by atomic mass is 9.87. The van der Waals surface area contributed by atoms with Crippen molar-refractivity contribution < 1.29 is 0 Å². The molecule has 1 aromatic carbocycles. The molecular formula is C18H29. The van der Waals surface area contributed by atoms with Gasteiger partial charge in [0.25, 0.3) is 0 Å². The second-order valence-electron chi connectivity index (χ2n) is 5.25. The van der Waals surface area contributed by atoms with Gasteiger partial charge in [-0.15, -0.1) is 0 Å². The first-order valence-corrected chi connectivity index (χ1v) is 7.82. The lowest BCUT2D eigenvalue weighted by Crippen LogP contribution is -2.05. The predicted molar refractivity (Wildman–Crippen MR) is 81.3 cm³/mol. The zero-order valence-electron chi connectivity index (χ0n) is 12.7. The maximum absolute atomic E-state index is 3.57. The van der Waals surface area contributed by atoms with Gasteiger partial charge < -0.3 is 0 Å². The molecule has 0 amide bonds. The Balaban J connectivity index is 3.19. The summed E-state index contributed by atoms with van der Waals surface area (Å²) >= 11 is 0. The summed E-state index contributed by atoms with van der Waals surface area (Å²) in [5.74, 6) is 0. The van der Waals surface area contributed by atoms with Gasteiger partial charge in [-0.2, -0.15) is 0 Å². The number of hydrogen-bond acceptors (Lipinski definition) is 0. The summed E-state index contributed by atoms with van der Waals surface area (Å²) in [4.78, 5) is 0. The molecular weight excluding hydrogens is 216 g/mol. The molecule has 0 aliphatic carbocycles. The molecule has 1 aromatic rings. The van der Waals surface area contributed by atoms with Crippen molar-refractivity contribution in [1.82, 2.24) is 0 Å². The fraction of sp³-hybridized carbons (Fsp3) is 0.667. The largest absolute Gasteiger partial charge is 0.0651 e. The highest BCUT2D eigenvalue weighted by Crippen LogP contribution is 2.24. The van der Waals surface area contributed by atoms with Gasteiger partial charge in [-0.25, -0.2) is 0 Å². The van der Waals surface area contributed by atoms with Gasteiger partial charge in [0.2, 0.25) is 0 Å². The Morgan fingerprint density at radius 1 is 0.722 bits per heavy atom. The highest BCUT2D eigenvalue weighted by Gasteiger charge is 2.11. The van der Waals surface area contributed by atoms with Crippen molar-refractivity contribution in [2.75, 3.05) is 0 Å². The molecule has 0 saturated heterocycles. The van der Waals surface area contributed by atoms with E-state index < -0.39 is 0 Å². The second-order valence-corrected chi connectivity index (χ2v) is 5.25. The first-order chi connectivity index (χ1) is 8.78. The Morgan fingerprint density at radius 2 is 1.28 bits per heavy atom. The second kappa shape index (κ2) is 8.34. The van der Waals surface area contributed by atoms with Crippen LogP contribution < -0.4 is 0 Å². The van der Waals surface area contributed by atoms with Crippen LogP contribution in [0, 0.1) is 6.07 Å². The van der Waals surface area contributed by atoms with Crippen molar-refractivity contribution in [2.24, 2.45) is 0 Å². The van der Waals surface area contributed by atoms with E-state index in [0.29, 0.717) is 0 Å². The van der Waals surface area contributed by atoms with Crippen LogP contribution in [0.1, 0.15) is 75.6 Å². The summed E-state index contributed by atoms with van der Waals surface area (Å²) in [6.45, 7) is 9.12. The monoisotopic (exact) mass is 245 g/mol. The molecule has 1 rings (SSSR count). The SMILES string of the molecule is CCCc1[c]cc(CCC)c(CCC)c1CCC. The Labute approximate surface area is 114 Å². The fourth-order valence-corrected chi connectivity index (χ4v) is 2.80. The van der Waals surface area contributed by atoms with E-state index in [1.807, 2.05) is 0 Å². The van der Waals surface area contributed by atoms with E-state index in [9.17, 15) is 0 Å². The topological polar surface area (TPSA) is 0 Å². The van der Waals surface area contributed by atoms with Crippen LogP contribution in [0.4, 0.5) is 0 Å². The Hall–Kier alpha value is -0.780. The maximum atomic E-state index is 3.57. The molecule has 1 radical (unpaired) electrons. The van der Waals surface area contributed by atoms with E-state index in [2.05, 4.69) is 39.8 Å². The minimum Gasteiger partial charge on any atom is -0.0651 e. The summed E-state index contributed by atoms with van der Waals surface area (Å²) < 4.78 is 0. The number of hydrogen-bond donors (Lipinski definition) is 0. The Morgan fingerprint density at radius 3 is 1.83 bits per heavy atom. The molecule has 0 bridgehead atoms. The number of rotatable bonds is 8. The van der Waals surface area contributed by atoms with Crippen molar-refractivity contribution in [3.8, 4) is 0 Å². The van der Waals surface area contributed by atoms with Gasteiger partial charge in [-0.1, -0.05) is 59.4 Å². The average molecular weight is 245 g/mol. The van der Waals surface area contributed by atoms with Crippen molar-refractivity contribution in [3.05, 3.63) is 34.4 Å². The van der Waals surface area contributed by atoms with Gasteiger partial charge in [-0.3, -0.25) is 0 Å². The molecule has 18 heavy (non-hydrogen) atoms. The van der Waals surface area contributed by atoms with Crippen LogP contribution in [0.25, 0.3) is 0 Å². The van der Waals surface area contributed by atoms with Gasteiger partial charge in [0, 0.05) is 0 Å². The zero-order chi connectivity index (χ0) is 13.4. The van der Waals surface area contributed by atoms with Gasteiger partial charge in [-0.05, 0) is 54.0 Å². The highest BCUT2D eigenvalue weighted by atomic mass is 14.2. The molecule has 0 spiro atoms. The van der Waals surface area contributed by atoms with Crippen molar-refractivity contribution >= 4 is 0 Å². The number of aryl methyl sites for hydroxylation is 2. The molecule has 0 aliphatic heterocycles. The standard InChI is InChI=1S/C18H29/c1-5-9-15-13-14-16(10-6-2)18(12-8-4)17(15)11-7-3/h13H,5-12H2,1-4H3. The van der Waals surface area contributed by atoms with E-state index in [1.54, 1.807) is 16.7 Å². The Kier molecular flexibility index (Phi) is 7.08. The molecule has 0 heterocycles. The molecule has 0 aromatic heterocycles. The molecule has 0 N–H and O–H groups in total. The first kappa shape index (κ1) is 15.3. The van der Waals surface area contributed by atoms with Gasteiger partial charge in [0.05, 0.1) is 0 Å². The third kappa shape index (κ3) is 3.86. The third-order valence-electron chi connectivity index (χ3n) is 3.56. The molecule has 0 nitrogen and oxygen atoms in total. The average Bonchev–Trinajstić information content (AvgIpc) is 2.37. The summed E-state index contributed by atoms with van der Waals surface area (Å²) in [7, 11) is 0. The third-order valence-corrected chi connectivity index (χ3v) is 3.56. The van der Waals surface area contributed by atoms with E-state index in [4.69, 9.17) is 0 Å². The van der Waals surface area contributed by atoms with Crippen molar-refractivity contribution in [2.45, 2.75) is 79.1 Å². The molecule has 0 unspecified atom stereocenters. The van der Waals surface area contributed by atoms with E-state index >= 15 is 0 Å². The van der Waals surface area contributed by atoms with Crippen LogP contribution >= 0.6 is 0 Å². The molecule has 0 fully saturated rings. The summed E-state index contributed by atoms with van der Waals surface area (Å²) in [6.07, 6.45) is 9.86. The molecule has 101 valence electrons. The minimum atomic E-state index is 1.19. The fourth-order valence-electron chi connectivity index (χ4n) is 2.80. The summed E-state index contributed by atoms with van der Waals surface area (Å²) in [6, 6.07) is 5.85. The van der Waals surface area contributed by atoms with Crippen molar-refractivity contribution in [3.63, 3.8) is 0 Å². The minimum absolute atomic E-state index is 1.19. The number of benzene rings is 1. The summed E-state index contributed by atoms with van der Waals surface area (Å²) in [5.41, 5.74) is 6.33. The van der Waals surface area contributed by atoms with E-state index in [1.165, 1.54) is 56.9 Å². The molecule has 0 aliphatic rings. The smallest absolute Gasteiger partial charge is 0.0143 e. The lowest BCUT2D eigenvalue weighted by molar-refractivity contribution is 0.800. The zero-order valence-corrected chi connectivity index (χ0v) is 12.7. The van der Waals surface area contributed by atoms with Crippen molar-refractivity contribution in [1.29, 1.82) is 0 Å². The maximum Gasteiger partial charge on any atom is -0.0143 e. The highest BCUT2D eigenvalue weighted by molar-refractivity contribution is 5.41. The van der Waals surface area contributed by atoms with Crippen LogP contribution in [-0.4, -0.2) is 0 Å². The molecule has 0 atom stereocenters. The Bertz CT molecular complexity index is 314. The normalized spacial score (nSPS) is 10.9. The quantitative estimate of drug-likeness (QED) is 0.583.